The smallest absolute Gasteiger partial charge is 0.314 e. The molecule has 4 heteroatoms. The van der Waals surface area contributed by atoms with E-state index in [0.717, 1.165) is 25.7 Å². The molecular weight excluding hydrogens is 302 g/mol. The molecule has 0 aliphatic heterocycles. The normalized spacial score (nSPS) is 22.8. The van der Waals surface area contributed by atoms with E-state index < -0.39 is 11.0 Å². The summed E-state index contributed by atoms with van der Waals surface area (Å²) in [6.07, 6.45) is 4.02. The van der Waals surface area contributed by atoms with Gasteiger partial charge < -0.3 is 10.1 Å². The maximum Gasteiger partial charge on any atom is 0.314 e. The fourth-order valence-electron chi connectivity index (χ4n) is 3.06. The van der Waals surface area contributed by atoms with Gasteiger partial charge in [-0.15, -0.1) is 0 Å². The standard InChI is InChI=1S/C20H29NO3/c1-5-6-12-16-13-20(16,18(23)24-19(2,3)4)14-21-17(22)15-10-8-7-9-11-15/h7-11,16H,5-6,12-14H2,1-4H3,(H,21,22). The van der Waals surface area contributed by atoms with Crippen LogP contribution in [-0.4, -0.2) is 24.0 Å². The predicted molar refractivity (Wildman–Crippen MR) is 94.7 cm³/mol. The van der Waals surface area contributed by atoms with Crippen LogP contribution in [0, 0.1) is 11.3 Å². The van der Waals surface area contributed by atoms with Crippen LogP contribution in [0.15, 0.2) is 30.3 Å². The SMILES string of the molecule is CCCCC1CC1(CNC(=O)c1ccccc1)C(=O)OC(C)(C)C. The summed E-state index contributed by atoms with van der Waals surface area (Å²) in [7, 11) is 0. The fraction of sp³-hybridized carbons (Fsp3) is 0.600. The second-order valence-corrected chi connectivity index (χ2v) is 7.75. The molecule has 1 aromatic carbocycles. The van der Waals surface area contributed by atoms with Crippen LogP contribution in [0.1, 0.15) is 63.7 Å². The van der Waals surface area contributed by atoms with E-state index in [4.69, 9.17) is 4.74 Å². The highest BCUT2D eigenvalue weighted by molar-refractivity contribution is 5.94. The Morgan fingerprint density at radius 1 is 1.25 bits per heavy atom. The first kappa shape index (κ1) is 18.5. The van der Waals surface area contributed by atoms with Crippen LogP contribution in [-0.2, 0) is 9.53 Å². The number of nitrogens with one attached hydrogen (secondary N) is 1. The van der Waals surface area contributed by atoms with Crippen LogP contribution >= 0.6 is 0 Å². The van der Waals surface area contributed by atoms with E-state index in [0.29, 0.717) is 18.0 Å². The lowest BCUT2D eigenvalue weighted by Gasteiger charge is -2.25. The van der Waals surface area contributed by atoms with Crippen molar-refractivity contribution in [1.29, 1.82) is 0 Å². The summed E-state index contributed by atoms with van der Waals surface area (Å²) in [5, 5.41) is 2.94. The zero-order chi connectivity index (χ0) is 17.8. The first-order chi connectivity index (χ1) is 11.3. The van der Waals surface area contributed by atoms with Crippen molar-refractivity contribution >= 4 is 11.9 Å². The molecule has 2 unspecified atom stereocenters. The second-order valence-electron chi connectivity index (χ2n) is 7.75. The summed E-state index contributed by atoms with van der Waals surface area (Å²) in [6, 6.07) is 9.09. The minimum Gasteiger partial charge on any atom is -0.459 e. The van der Waals surface area contributed by atoms with Crippen molar-refractivity contribution in [2.24, 2.45) is 11.3 Å². The largest absolute Gasteiger partial charge is 0.459 e. The van der Waals surface area contributed by atoms with Gasteiger partial charge in [0.1, 0.15) is 5.60 Å². The Hall–Kier alpha value is -1.84. The van der Waals surface area contributed by atoms with Gasteiger partial charge in [-0.2, -0.15) is 0 Å². The molecule has 2 atom stereocenters. The van der Waals surface area contributed by atoms with Crippen LogP contribution < -0.4 is 5.32 Å². The lowest BCUT2D eigenvalue weighted by Crippen LogP contribution is -2.39. The second kappa shape index (κ2) is 7.37. The highest BCUT2D eigenvalue weighted by atomic mass is 16.6. The first-order valence-electron chi connectivity index (χ1n) is 8.85. The molecule has 1 aliphatic carbocycles. The fourth-order valence-corrected chi connectivity index (χ4v) is 3.06. The number of esters is 1. The summed E-state index contributed by atoms with van der Waals surface area (Å²) in [5.74, 6) is -0.00693. The van der Waals surface area contributed by atoms with Gasteiger partial charge in [0.2, 0.25) is 0 Å². The third-order valence-corrected chi connectivity index (χ3v) is 4.54. The maximum absolute atomic E-state index is 12.7. The quantitative estimate of drug-likeness (QED) is 0.770. The number of carbonyl (C=O) groups is 2. The summed E-state index contributed by atoms with van der Waals surface area (Å²) in [5.41, 5.74) is -0.444. The van der Waals surface area contributed by atoms with Crippen LogP contribution in [0.25, 0.3) is 0 Å². The minimum atomic E-state index is -0.549. The van der Waals surface area contributed by atoms with Crippen molar-refractivity contribution in [2.45, 2.75) is 59.0 Å². The molecule has 1 aromatic rings. The molecule has 24 heavy (non-hydrogen) atoms. The molecule has 0 aromatic heterocycles. The molecule has 0 bridgehead atoms. The van der Waals surface area contributed by atoms with E-state index in [1.165, 1.54) is 0 Å². The number of ether oxygens (including phenoxy) is 1. The van der Waals surface area contributed by atoms with Crippen molar-refractivity contribution in [3.63, 3.8) is 0 Å². The van der Waals surface area contributed by atoms with E-state index in [2.05, 4.69) is 12.2 Å². The summed E-state index contributed by atoms with van der Waals surface area (Å²) >= 11 is 0. The summed E-state index contributed by atoms with van der Waals surface area (Å²) in [6.45, 7) is 8.14. The van der Waals surface area contributed by atoms with Gasteiger partial charge in [-0.3, -0.25) is 9.59 Å². The molecule has 1 N–H and O–H groups in total. The Kier molecular flexibility index (Phi) is 5.68. The van der Waals surface area contributed by atoms with E-state index in [1.54, 1.807) is 12.1 Å². The average molecular weight is 331 g/mol. The number of carbonyl (C=O) groups excluding carboxylic acids is 2. The lowest BCUT2D eigenvalue weighted by molar-refractivity contribution is -0.162. The van der Waals surface area contributed by atoms with Crippen LogP contribution in [0.5, 0.6) is 0 Å². The Morgan fingerprint density at radius 2 is 1.92 bits per heavy atom. The molecule has 0 radical (unpaired) electrons. The molecule has 0 saturated heterocycles. The molecular formula is C20H29NO3. The molecule has 4 nitrogen and oxygen atoms in total. The monoisotopic (exact) mass is 331 g/mol. The van der Waals surface area contributed by atoms with Crippen LogP contribution in [0.3, 0.4) is 0 Å². The van der Waals surface area contributed by atoms with Crippen LogP contribution in [0.2, 0.25) is 0 Å². The molecule has 1 saturated carbocycles. The van der Waals surface area contributed by atoms with Gasteiger partial charge in [-0.1, -0.05) is 38.0 Å². The number of hydrogen-bond donors (Lipinski definition) is 1. The van der Waals surface area contributed by atoms with E-state index in [1.807, 2.05) is 39.0 Å². The topological polar surface area (TPSA) is 55.4 Å². The van der Waals surface area contributed by atoms with Crippen molar-refractivity contribution in [3.8, 4) is 0 Å². The van der Waals surface area contributed by atoms with Gasteiger partial charge in [0.05, 0.1) is 5.41 Å². The van der Waals surface area contributed by atoms with Gasteiger partial charge in [-0.05, 0) is 51.7 Å². The lowest BCUT2D eigenvalue weighted by atomic mass is 9.99. The van der Waals surface area contributed by atoms with Gasteiger partial charge >= 0.3 is 5.97 Å². The molecule has 1 amide bonds. The summed E-state index contributed by atoms with van der Waals surface area (Å²) < 4.78 is 5.62. The third kappa shape index (κ3) is 4.59. The first-order valence-corrected chi connectivity index (χ1v) is 8.85. The van der Waals surface area contributed by atoms with Crippen molar-refractivity contribution in [2.75, 3.05) is 6.54 Å². The summed E-state index contributed by atoms with van der Waals surface area (Å²) in [4.78, 5) is 25.0. The Labute approximate surface area is 145 Å². The number of hydrogen-bond acceptors (Lipinski definition) is 3. The Balaban J connectivity index is 2.02. The number of amides is 1. The average Bonchev–Trinajstić information content (AvgIpc) is 3.24. The molecule has 1 fully saturated rings. The van der Waals surface area contributed by atoms with E-state index >= 15 is 0 Å². The molecule has 2 rings (SSSR count). The zero-order valence-electron chi connectivity index (χ0n) is 15.2. The van der Waals surface area contributed by atoms with E-state index in [9.17, 15) is 9.59 Å². The van der Waals surface area contributed by atoms with Crippen molar-refractivity contribution in [1.82, 2.24) is 5.32 Å². The van der Waals surface area contributed by atoms with Crippen molar-refractivity contribution < 1.29 is 14.3 Å². The maximum atomic E-state index is 12.7. The zero-order valence-corrected chi connectivity index (χ0v) is 15.2. The van der Waals surface area contributed by atoms with Gasteiger partial charge in [0.25, 0.3) is 5.91 Å². The van der Waals surface area contributed by atoms with Gasteiger partial charge in [-0.25, -0.2) is 0 Å². The number of rotatable bonds is 7. The molecule has 132 valence electrons. The van der Waals surface area contributed by atoms with Gasteiger partial charge in [0.15, 0.2) is 0 Å². The Morgan fingerprint density at radius 3 is 2.50 bits per heavy atom. The highest BCUT2D eigenvalue weighted by Gasteiger charge is 2.61. The predicted octanol–water partition coefficient (Wildman–Crippen LogP) is 3.95. The van der Waals surface area contributed by atoms with E-state index in [-0.39, 0.29) is 11.9 Å². The number of unbranched alkanes of at least 4 members (excludes halogenated alkanes) is 1. The Bertz CT molecular complexity index is 576. The molecule has 0 heterocycles. The van der Waals surface area contributed by atoms with Crippen molar-refractivity contribution in [3.05, 3.63) is 35.9 Å². The third-order valence-electron chi connectivity index (χ3n) is 4.54. The molecule has 1 aliphatic rings. The highest BCUT2D eigenvalue weighted by Crippen LogP contribution is 2.56. The number of benzene rings is 1. The van der Waals surface area contributed by atoms with Crippen LogP contribution in [0.4, 0.5) is 0 Å². The minimum absolute atomic E-state index is 0.139. The van der Waals surface area contributed by atoms with Gasteiger partial charge in [0, 0.05) is 12.1 Å². The molecule has 0 spiro atoms.